The van der Waals surface area contributed by atoms with Gasteiger partial charge in [0, 0.05) is 36.0 Å². The lowest BCUT2D eigenvalue weighted by molar-refractivity contribution is 0.143. The first-order valence-corrected chi connectivity index (χ1v) is 8.89. The van der Waals surface area contributed by atoms with Crippen LogP contribution in [-0.2, 0) is 11.3 Å². The number of hydrogen-bond donors (Lipinski definition) is 3. The zero-order chi connectivity index (χ0) is 20.3. The summed E-state index contributed by atoms with van der Waals surface area (Å²) in [6.07, 6.45) is 1.17. The van der Waals surface area contributed by atoms with Crippen LogP contribution in [0.4, 0.5) is 19.4 Å². The summed E-state index contributed by atoms with van der Waals surface area (Å²) in [5.74, 6) is -1.62. The first-order valence-electron chi connectivity index (χ1n) is 8.45. The van der Waals surface area contributed by atoms with E-state index in [-0.39, 0.29) is 34.5 Å². The molecule has 1 amide bonds. The second kappa shape index (κ2) is 8.39. The third kappa shape index (κ3) is 4.48. The molecule has 0 radical (unpaired) electrons. The van der Waals surface area contributed by atoms with Crippen LogP contribution in [0, 0.1) is 17.0 Å². The van der Waals surface area contributed by atoms with Gasteiger partial charge in [-0.05, 0) is 12.5 Å². The monoisotopic (exact) mass is 409 g/mol. The van der Waals surface area contributed by atoms with Crippen LogP contribution in [0.3, 0.4) is 0 Å². The Kier molecular flexibility index (Phi) is 5.93. The summed E-state index contributed by atoms with van der Waals surface area (Å²) in [6, 6.07) is 5.69. The summed E-state index contributed by atoms with van der Waals surface area (Å²) in [7, 11) is 0. The molecular formula is C18H18ClF2N5O2. The number of nitrogens with zero attached hydrogens (tertiary/aromatic N) is 2. The lowest BCUT2D eigenvalue weighted by atomic mass is 10.0. The summed E-state index contributed by atoms with van der Waals surface area (Å²) >= 11 is 6.05. The molecule has 0 bridgehead atoms. The summed E-state index contributed by atoms with van der Waals surface area (Å²) in [4.78, 5) is 17.3. The van der Waals surface area contributed by atoms with E-state index < -0.39 is 23.7 Å². The number of nitrogens with two attached hydrogens (primary N) is 1. The van der Waals surface area contributed by atoms with E-state index >= 15 is 0 Å². The normalized spacial score (nSPS) is 16.1. The van der Waals surface area contributed by atoms with Crippen molar-refractivity contribution in [2.45, 2.75) is 18.4 Å². The molecule has 1 aromatic heterocycles. The van der Waals surface area contributed by atoms with E-state index in [4.69, 9.17) is 27.5 Å². The van der Waals surface area contributed by atoms with Crippen molar-refractivity contribution in [1.29, 1.82) is 5.41 Å². The van der Waals surface area contributed by atoms with Crippen molar-refractivity contribution in [3.63, 3.8) is 0 Å². The van der Waals surface area contributed by atoms with Crippen molar-refractivity contribution >= 4 is 29.5 Å². The highest BCUT2D eigenvalue weighted by Crippen LogP contribution is 2.29. The zero-order valence-corrected chi connectivity index (χ0v) is 15.5. The highest BCUT2D eigenvalue weighted by atomic mass is 35.5. The molecule has 7 nitrogen and oxygen atoms in total. The van der Waals surface area contributed by atoms with Gasteiger partial charge in [0.15, 0.2) is 17.6 Å². The van der Waals surface area contributed by atoms with E-state index in [1.54, 1.807) is 11.0 Å². The Morgan fingerprint density at radius 1 is 1.46 bits per heavy atom. The number of amides is 1. The van der Waals surface area contributed by atoms with Crippen LogP contribution in [0.2, 0.25) is 0 Å². The van der Waals surface area contributed by atoms with Crippen LogP contribution >= 0.6 is 11.6 Å². The molecule has 2 aromatic rings. The molecule has 28 heavy (non-hydrogen) atoms. The number of alkyl carbamates (subject to hydrolysis) is 1. The van der Waals surface area contributed by atoms with E-state index in [9.17, 15) is 13.6 Å². The second-order valence-electron chi connectivity index (χ2n) is 6.25. The molecule has 1 atom stereocenters. The van der Waals surface area contributed by atoms with E-state index in [0.717, 1.165) is 6.42 Å². The maximum Gasteiger partial charge on any atom is 0.414 e. The van der Waals surface area contributed by atoms with Crippen LogP contribution in [0.1, 0.15) is 12.0 Å². The number of guanidine groups is 1. The lowest BCUT2D eigenvalue weighted by Crippen LogP contribution is -2.36. The standard InChI is InChI=1S/C18H18ClF2N5O2/c19-12-4-5-26(8-12)16-14(20)6-11(7-24-16)13-3-1-2-10(15(13)21)9-28-18(27)25-17(22)23/h1-3,6-7,12H,4-5,8-9H2,(H4,22,23,25,27). The third-order valence-electron chi connectivity index (χ3n) is 4.24. The number of ether oxygens (including phenoxy) is 1. The molecule has 0 saturated carbocycles. The fourth-order valence-corrected chi connectivity index (χ4v) is 3.19. The molecule has 0 spiro atoms. The zero-order valence-electron chi connectivity index (χ0n) is 14.7. The van der Waals surface area contributed by atoms with Gasteiger partial charge in [-0.25, -0.2) is 18.6 Å². The first kappa shape index (κ1) is 19.8. The van der Waals surface area contributed by atoms with Gasteiger partial charge in [-0.15, -0.1) is 11.6 Å². The molecule has 2 heterocycles. The van der Waals surface area contributed by atoms with Crippen molar-refractivity contribution in [1.82, 2.24) is 10.3 Å². The maximum atomic E-state index is 14.8. The number of alkyl halides is 1. The molecular weight excluding hydrogens is 392 g/mol. The number of hydrogen-bond acceptors (Lipinski definition) is 5. The number of anilines is 1. The van der Waals surface area contributed by atoms with Crippen molar-refractivity contribution in [3.8, 4) is 11.1 Å². The van der Waals surface area contributed by atoms with E-state index in [2.05, 4.69) is 4.98 Å². The fourth-order valence-electron chi connectivity index (χ4n) is 2.92. The predicted octanol–water partition coefficient (Wildman–Crippen LogP) is 2.96. The number of aromatic nitrogens is 1. The number of pyridine rings is 1. The van der Waals surface area contributed by atoms with Crippen molar-refractivity contribution in [2.75, 3.05) is 18.0 Å². The Bertz CT molecular complexity index is 912. The Morgan fingerprint density at radius 2 is 2.25 bits per heavy atom. The number of carbonyl (C=O) groups excluding carboxylic acids is 1. The van der Waals surface area contributed by atoms with Crippen LogP contribution in [-0.4, -0.2) is 35.5 Å². The molecule has 10 heteroatoms. The number of halogens is 3. The van der Waals surface area contributed by atoms with Crippen molar-refractivity contribution in [2.24, 2.45) is 5.73 Å². The largest absolute Gasteiger partial charge is 0.444 e. The van der Waals surface area contributed by atoms with Crippen molar-refractivity contribution < 1.29 is 18.3 Å². The van der Waals surface area contributed by atoms with Gasteiger partial charge < -0.3 is 15.4 Å². The Morgan fingerprint density at radius 3 is 2.89 bits per heavy atom. The van der Waals surface area contributed by atoms with E-state index in [1.165, 1.54) is 24.4 Å². The minimum Gasteiger partial charge on any atom is -0.444 e. The topological polar surface area (TPSA) is 104 Å². The van der Waals surface area contributed by atoms with Crippen LogP contribution < -0.4 is 16.0 Å². The highest BCUT2D eigenvalue weighted by molar-refractivity contribution is 6.21. The second-order valence-corrected chi connectivity index (χ2v) is 6.87. The molecule has 0 aliphatic carbocycles. The van der Waals surface area contributed by atoms with Gasteiger partial charge in [0.2, 0.25) is 0 Å². The van der Waals surface area contributed by atoms with Crippen LogP contribution in [0.25, 0.3) is 11.1 Å². The van der Waals surface area contributed by atoms with E-state index in [1.807, 2.05) is 5.32 Å². The van der Waals surface area contributed by atoms with Crippen molar-refractivity contribution in [3.05, 3.63) is 47.7 Å². The molecule has 1 aliphatic heterocycles. The van der Waals surface area contributed by atoms with Crippen LogP contribution in [0.15, 0.2) is 30.5 Å². The summed E-state index contributed by atoms with van der Waals surface area (Å²) in [5.41, 5.74) is 5.49. The molecule has 4 N–H and O–H groups in total. The number of benzene rings is 1. The average molecular weight is 410 g/mol. The molecule has 1 aromatic carbocycles. The molecule has 148 valence electrons. The average Bonchev–Trinajstić information content (AvgIpc) is 3.06. The van der Waals surface area contributed by atoms with Gasteiger partial charge in [-0.2, -0.15) is 0 Å². The van der Waals surface area contributed by atoms with Gasteiger partial charge in [-0.3, -0.25) is 10.7 Å². The summed E-state index contributed by atoms with van der Waals surface area (Å²) < 4.78 is 34.2. The number of carbonyl (C=O) groups is 1. The quantitative estimate of drug-likeness (QED) is 0.409. The molecule has 1 saturated heterocycles. The van der Waals surface area contributed by atoms with Gasteiger partial charge in [0.05, 0.1) is 5.38 Å². The fraction of sp³-hybridized carbons (Fsp3) is 0.278. The van der Waals surface area contributed by atoms with Gasteiger partial charge >= 0.3 is 6.09 Å². The molecule has 1 unspecified atom stereocenters. The highest BCUT2D eigenvalue weighted by Gasteiger charge is 2.24. The van der Waals surface area contributed by atoms with E-state index in [0.29, 0.717) is 13.1 Å². The van der Waals surface area contributed by atoms with Gasteiger partial charge in [0.25, 0.3) is 0 Å². The molecule has 1 aliphatic rings. The minimum atomic E-state index is -0.974. The predicted molar refractivity (Wildman–Crippen MR) is 101 cm³/mol. The molecule has 1 fully saturated rings. The number of nitrogens with one attached hydrogen (secondary N) is 2. The summed E-state index contributed by atoms with van der Waals surface area (Å²) in [5, 5.41) is 8.83. The van der Waals surface area contributed by atoms with Gasteiger partial charge in [0.1, 0.15) is 12.4 Å². The summed E-state index contributed by atoms with van der Waals surface area (Å²) in [6.45, 7) is 0.743. The Hall–Kier alpha value is -2.94. The lowest BCUT2D eigenvalue weighted by Gasteiger charge is -2.18. The Balaban J connectivity index is 1.79. The Labute approximate surface area is 165 Å². The molecule has 3 rings (SSSR count). The van der Waals surface area contributed by atoms with Crippen LogP contribution in [0.5, 0.6) is 0 Å². The number of rotatable bonds is 4. The maximum absolute atomic E-state index is 14.8. The minimum absolute atomic E-state index is 0.0461. The smallest absolute Gasteiger partial charge is 0.414 e. The SMILES string of the molecule is N=C(N)NC(=O)OCc1cccc(-c2cnc(N3CCC(Cl)C3)c(F)c2)c1F. The third-order valence-corrected chi connectivity index (χ3v) is 4.59. The van der Waals surface area contributed by atoms with Gasteiger partial charge in [-0.1, -0.05) is 18.2 Å². The first-order chi connectivity index (χ1) is 13.3.